The van der Waals surface area contributed by atoms with E-state index in [4.69, 9.17) is 0 Å². The molecule has 0 bridgehead atoms. The Labute approximate surface area is 94.2 Å². The maximum atomic E-state index is 10.6. The molecule has 0 radical (unpaired) electrons. The molecule has 0 fully saturated rings. The molecule has 2 heteroatoms. The molecule has 1 N–H and O–H groups in total. The summed E-state index contributed by atoms with van der Waals surface area (Å²) in [5, 5.41) is 9.75. The first-order chi connectivity index (χ1) is 7.72. The topological polar surface area (TPSA) is 37.3 Å². The molecule has 0 amide bonds. The standard InChI is InChI=1S/C14H12O2/c1-10-8-11(9-15)6-7-12(10)13-4-2-3-5-14(13)16/h2-9,16H,1H3. The van der Waals surface area contributed by atoms with Gasteiger partial charge in [-0.3, -0.25) is 4.79 Å². The Morgan fingerprint density at radius 2 is 1.81 bits per heavy atom. The number of phenolic OH excluding ortho intramolecular Hbond substituents is 1. The lowest BCUT2D eigenvalue weighted by Crippen LogP contribution is -1.87. The summed E-state index contributed by atoms with van der Waals surface area (Å²) in [4.78, 5) is 10.6. The Bertz CT molecular complexity index is 530. The smallest absolute Gasteiger partial charge is 0.150 e. The number of carbonyl (C=O) groups excluding carboxylic acids is 1. The van der Waals surface area contributed by atoms with Gasteiger partial charge in [0, 0.05) is 11.1 Å². The minimum absolute atomic E-state index is 0.254. The van der Waals surface area contributed by atoms with Crippen LogP contribution in [0.3, 0.4) is 0 Å². The van der Waals surface area contributed by atoms with Crippen LogP contribution in [0.1, 0.15) is 15.9 Å². The van der Waals surface area contributed by atoms with Crippen LogP contribution in [-0.2, 0) is 0 Å². The molecule has 0 saturated heterocycles. The predicted molar refractivity (Wildman–Crippen MR) is 63.7 cm³/mol. The van der Waals surface area contributed by atoms with Crippen LogP contribution in [0.25, 0.3) is 11.1 Å². The van der Waals surface area contributed by atoms with Crippen molar-refractivity contribution in [3.05, 3.63) is 53.6 Å². The normalized spacial score (nSPS) is 10.1. The lowest BCUT2D eigenvalue weighted by molar-refractivity contribution is 0.112. The van der Waals surface area contributed by atoms with Gasteiger partial charge in [0.15, 0.2) is 0 Å². The molecule has 2 aromatic carbocycles. The molecule has 0 aromatic heterocycles. The van der Waals surface area contributed by atoms with Gasteiger partial charge in [0.05, 0.1) is 0 Å². The Kier molecular flexibility index (Phi) is 2.73. The van der Waals surface area contributed by atoms with E-state index >= 15 is 0 Å². The summed E-state index contributed by atoms with van der Waals surface area (Å²) in [5.41, 5.74) is 3.36. The van der Waals surface area contributed by atoms with Gasteiger partial charge in [0.1, 0.15) is 12.0 Å². The summed E-state index contributed by atoms with van der Waals surface area (Å²) >= 11 is 0. The third-order valence-electron chi connectivity index (χ3n) is 2.58. The number of hydrogen-bond acceptors (Lipinski definition) is 2. The van der Waals surface area contributed by atoms with E-state index in [0.717, 1.165) is 23.0 Å². The second-order valence-electron chi connectivity index (χ2n) is 3.71. The van der Waals surface area contributed by atoms with Gasteiger partial charge in [-0.25, -0.2) is 0 Å². The van der Waals surface area contributed by atoms with Crippen molar-refractivity contribution in [1.82, 2.24) is 0 Å². The summed E-state index contributed by atoms with van der Waals surface area (Å²) in [5.74, 6) is 0.254. The van der Waals surface area contributed by atoms with Crippen LogP contribution in [-0.4, -0.2) is 11.4 Å². The zero-order chi connectivity index (χ0) is 11.5. The van der Waals surface area contributed by atoms with E-state index in [1.807, 2.05) is 31.2 Å². The highest BCUT2D eigenvalue weighted by Crippen LogP contribution is 2.31. The fourth-order valence-electron chi connectivity index (χ4n) is 1.76. The zero-order valence-electron chi connectivity index (χ0n) is 8.97. The summed E-state index contributed by atoms with van der Waals surface area (Å²) in [6.45, 7) is 1.93. The molecule has 0 saturated carbocycles. The lowest BCUT2D eigenvalue weighted by atomic mass is 9.98. The van der Waals surface area contributed by atoms with E-state index in [1.54, 1.807) is 18.2 Å². The number of phenols is 1. The molecular formula is C14H12O2. The summed E-state index contributed by atoms with van der Waals surface area (Å²) in [6.07, 6.45) is 0.821. The molecule has 2 rings (SSSR count). The molecule has 0 spiro atoms. The average Bonchev–Trinajstić information content (AvgIpc) is 2.30. The Hall–Kier alpha value is -2.09. The minimum Gasteiger partial charge on any atom is -0.507 e. The third-order valence-corrected chi connectivity index (χ3v) is 2.58. The number of para-hydroxylation sites is 1. The van der Waals surface area contributed by atoms with Crippen molar-refractivity contribution in [2.45, 2.75) is 6.92 Å². The largest absolute Gasteiger partial charge is 0.507 e. The number of hydrogen-bond donors (Lipinski definition) is 1. The quantitative estimate of drug-likeness (QED) is 0.776. The van der Waals surface area contributed by atoms with Gasteiger partial charge in [0.25, 0.3) is 0 Å². The highest BCUT2D eigenvalue weighted by Gasteiger charge is 2.06. The molecule has 0 aliphatic rings. The van der Waals surface area contributed by atoms with Gasteiger partial charge in [0.2, 0.25) is 0 Å². The van der Waals surface area contributed by atoms with Crippen molar-refractivity contribution < 1.29 is 9.90 Å². The molecule has 0 heterocycles. The van der Waals surface area contributed by atoms with E-state index in [1.165, 1.54) is 0 Å². The summed E-state index contributed by atoms with van der Waals surface area (Å²) in [7, 11) is 0. The van der Waals surface area contributed by atoms with Gasteiger partial charge in [-0.1, -0.05) is 30.3 Å². The van der Waals surface area contributed by atoms with Gasteiger partial charge in [-0.15, -0.1) is 0 Å². The Morgan fingerprint density at radius 3 is 2.44 bits per heavy atom. The first-order valence-electron chi connectivity index (χ1n) is 5.06. The molecule has 2 aromatic rings. The molecule has 0 atom stereocenters. The van der Waals surface area contributed by atoms with E-state index in [-0.39, 0.29) is 5.75 Å². The maximum absolute atomic E-state index is 10.6. The molecule has 0 unspecified atom stereocenters. The van der Waals surface area contributed by atoms with Crippen LogP contribution in [0.5, 0.6) is 5.75 Å². The lowest BCUT2D eigenvalue weighted by Gasteiger charge is -2.08. The average molecular weight is 212 g/mol. The van der Waals surface area contributed by atoms with Crippen LogP contribution >= 0.6 is 0 Å². The van der Waals surface area contributed by atoms with Crippen molar-refractivity contribution in [3.63, 3.8) is 0 Å². The van der Waals surface area contributed by atoms with Crippen LogP contribution in [0.2, 0.25) is 0 Å². The molecular weight excluding hydrogens is 200 g/mol. The Balaban J connectivity index is 2.57. The van der Waals surface area contributed by atoms with E-state index in [0.29, 0.717) is 5.56 Å². The first kappa shape index (κ1) is 10.4. The third kappa shape index (κ3) is 1.82. The Morgan fingerprint density at radius 1 is 1.06 bits per heavy atom. The van der Waals surface area contributed by atoms with Crippen molar-refractivity contribution >= 4 is 6.29 Å². The predicted octanol–water partition coefficient (Wildman–Crippen LogP) is 3.18. The number of rotatable bonds is 2. The number of carbonyl (C=O) groups is 1. The SMILES string of the molecule is Cc1cc(C=O)ccc1-c1ccccc1O. The summed E-state index contributed by atoms with van der Waals surface area (Å²) < 4.78 is 0. The minimum atomic E-state index is 0.254. The van der Waals surface area contributed by atoms with Crippen LogP contribution in [0, 0.1) is 6.92 Å². The second kappa shape index (κ2) is 4.19. The molecule has 2 nitrogen and oxygen atoms in total. The van der Waals surface area contributed by atoms with Crippen LogP contribution in [0.4, 0.5) is 0 Å². The maximum Gasteiger partial charge on any atom is 0.150 e. The molecule has 16 heavy (non-hydrogen) atoms. The number of aromatic hydroxyl groups is 1. The van der Waals surface area contributed by atoms with Gasteiger partial charge in [-0.05, 0) is 30.2 Å². The van der Waals surface area contributed by atoms with E-state index in [9.17, 15) is 9.90 Å². The van der Waals surface area contributed by atoms with Crippen molar-refractivity contribution in [2.24, 2.45) is 0 Å². The van der Waals surface area contributed by atoms with E-state index in [2.05, 4.69) is 0 Å². The van der Waals surface area contributed by atoms with Gasteiger partial charge < -0.3 is 5.11 Å². The molecule has 80 valence electrons. The van der Waals surface area contributed by atoms with Crippen molar-refractivity contribution in [3.8, 4) is 16.9 Å². The molecule has 0 aliphatic heterocycles. The van der Waals surface area contributed by atoms with Crippen LogP contribution in [0.15, 0.2) is 42.5 Å². The molecule has 0 aliphatic carbocycles. The zero-order valence-corrected chi connectivity index (χ0v) is 8.97. The number of aldehydes is 1. The highest BCUT2D eigenvalue weighted by molar-refractivity contribution is 5.80. The van der Waals surface area contributed by atoms with E-state index < -0.39 is 0 Å². The van der Waals surface area contributed by atoms with Crippen molar-refractivity contribution in [1.29, 1.82) is 0 Å². The number of benzene rings is 2. The highest BCUT2D eigenvalue weighted by atomic mass is 16.3. The fourth-order valence-corrected chi connectivity index (χ4v) is 1.76. The summed E-state index contributed by atoms with van der Waals surface area (Å²) in [6, 6.07) is 12.6. The van der Waals surface area contributed by atoms with Gasteiger partial charge >= 0.3 is 0 Å². The van der Waals surface area contributed by atoms with Crippen molar-refractivity contribution in [2.75, 3.05) is 0 Å². The monoisotopic (exact) mass is 212 g/mol. The second-order valence-corrected chi connectivity index (χ2v) is 3.71. The fraction of sp³-hybridized carbons (Fsp3) is 0.0714. The first-order valence-corrected chi connectivity index (χ1v) is 5.06. The van der Waals surface area contributed by atoms with Crippen LogP contribution < -0.4 is 0 Å². The van der Waals surface area contributed by atoms with Gasteiger partial charge in [-0.2, -0.15) is 0 Å². The number of aryl methyl sites for hydroxylation is 1.